The minimum atomic E-state index is -0.370. The van der Waals surface area contributed by atoms with E-state index in [0.29, 0.717) is 6.04 Å². The van der Waals surface area contributed by atoms with Gasteiger partial charge >= 0.3 is 0 Å². The van der Waals surface area contributed by atoms with Gasteiger partial charge in [-0.15, -0.1) is 0 Å². The van der Waals surface area contributed by atoms with Gasteiger partial charge in [0.2, 0.25) is 0 Å². The highest BCUT2D eigenvalue weighted by Crippen LogP contribution is 2.16. The number of ether oxygens (including phenoxy) is 1. The molecule has 0 saturated carbocycles. The second-order valence-electron chi connectivity index (χ2n) is 4.15. The summed E-state index contributed by atoms with van der Waals surface area (Å²) in [6.07, 6.45) is 2.47. The summed E-state index contributed by atoms with van der Waals surface area (Å²) in [5.74, 6) is 0.720. The van der Waals surface area contributed by atoms with Crippen molar-refractivity contribution >= 4 is 0 Å². The predicted octanol–water partition coefficient (Wildman–Crippen LogP) is 1.75. The van der Waals surface area contributed by atoms with Crippen molar-refractivity contribution in [1.82, 2.24) is 5.32 Å². The Morgan fingerprint density at radius 2 is 2.31 bits per heavy atom. The van der Waals surface area contributed by atoms with E-state index in [1.807, 2.05) is 0 Å². The van der Waals surface area contributed by atoms with E-state index in [1.165, 1.54) is 6.42 Å². The van der Waals surface area contributed by atoms with E-state index in [9.17, 15) is 4.39 Å². The Balaban J connectivity index is 2.12. The van der Waals surface area contributed by atoms with Crippen molar-refractivity contribution in [3.05, 3.63) is 0 Å². The molecule has 1 N–H and O–H groups in total. The first-order valence-electron chi connectivity index (χ1n) is 5.13. The number of rotatable bonds is 5. The molecule has 2 atom stereocenters. The van der Waals surface area contributed by atoms with E-state index < -0.39 is 0 Å². The van der Waals surface area contributed by atoms with Crippen LogP contribution in [0.3, 0.4) is 0 Å². The van der Waals surface area contributed by atoms with Crippen LogP contribution in [-0.2, 0) is 4.74 Å². The zero-order chi connectivity index (χ0) is 9.68. The van der Waals surface area contributed by atoms with Gasteiger partial charge in [-0.05, 0) is 18.8 Å². The Morgan fingerprint density at radius 3 is 2.92 bits per heavy atom. The van der Waals surface area contributed by atoms with Crippen LogP contribution in [0.1, 0.15) is 26.7 Å². The van der Waals surface area contributed by atoms with Crippen LogP contribution < -0.4 is 5.32 Å². The highest BCUT2D eigenvalue weighted by atomic mass is 19.1. The second kappa shape index (κ2) is 5.55. The second-order valence-corrected chi connectivity index (χ2v) is 4.15. The maximum Gasteiger partial charge on any atom is 0.113 e. The topological polar surface area (TPSA) is 21.3 Å². The van der Waals surface area contributed by atoms with Crippen LogP contribution in [0.2, 0.25) is 0 Å². The van der Waals surface area contributed by atoms with E-state index in [1.54, 1.807) is 0 Å². The fourth-order valence-electron chi connectivity index (χ4n) is 1.87. The maximum atomic E-state index is 11.8. The fraction of sp³-hybridized carbons (Fsp3) is 1.00. The molecule has 0 aliphatic carbocycles. The van der Waals surface area contributed by atoms with Crippen molar-refractivity contribution in [2.75, 3.05) is 19.8 Å². The third-order valence-electron chi connectivity index (χ3n) is 2.37. The van der Waals surface area contributed by atoms with Crippen molar-refractivity contribution in [2.24, 2.45) is 5.92 Å². The van der Waals surface area contributed by atoms with E-state index in [2.05, 4.69) is 19.2 Å². The van der Waals surface area contributed by atoms with Gasteiger partial charge in [0.25, 0.3) is 0 Å². The van der Waals surface area contributed by atoms with Crippen LogP contribution in [0.5, 0.6) is 0 Å². The number of nitrogens with one attached hydrogen (secondary N) is 1. The van der Waals surface area contributed by atoms with Crippen molar-refractivity contribution in [1.29, 1.82) is 0 Å². The quantitative estimate of drug-likeness (QED) is 0.711. The van der Waals surface area contributed by atoms with Crippen LogP contribution in [-0.4, -0.2) is 32.0 Å². The summed E-state index contributed by atoms with van der Waals surface area (Å²) < 4.78 is 17.1. The molecule has 0 aromatic rings. The third kappa shape index (κ3) is 4.05. The lowest BCUT2D eigenvalue weighted by Crippen LogP contribution is -2.23. The monoisotopic (exact) mass is 189 g/mol. The van der Waals surface area contributed by atoms with Gasteiger partial charge in [-0.2, -0.15) is 0 Å². The molecule has 1 rings (SSSR count). The zero-order valence-corrected chi connectivity index (χ0v) is 8.55. The summed E-state index contributed by atoms with van der Waals surface area (Å²) in [5.41, 5.74) is 0. The molecule has 1 saturated heterocycles. The minimum absolute atomic E-state index is 0.236. The Morgan fingerprint density at radius 1 is 1.54 bits per heavy atom. The molecule has 0 aromatic heterocycles. The molecule has 78 valence electrons. The Bertz CT molecular complexity index is 141. The summed E-state index contributed by atoms with van der Waals surface area (Å²) >= 11 is 0. The van der Waals surface area contributed by atoms with Crippen LogP contribution >= 0.6 is 0 Å². The normalized spacial score (nSPS) is 28.6. The minimum Gasteiger partial charge on any atom is -0.374 e. The van der Waals surface area contributed by atoms with E-state index in [0.717, 1.165) is 18.9 Å². The summed E-state index contributed by atoms with van der Waals surface area (Å²) in [6.45, 7) is 5.21. The fourth-order valence-corrected chi connectivity index (χ4v) is 1.87. The molecule has 0 spiro atoms. The highest BCUT2D eigenvalue weighted by Gasteiger charge is 2.24. The molecular formula is C10H20FNO. The highest BCUT2D eigenvalue weighted by molar-refractivity contribution is 4.82. The molecule has 13 heavy (non-hydrogen) atoms. The predicted molar refractivity (Wildman–Crippen MR) is 51.6 cm³/mol. The Hall–Kier alpha value is -0.150. The van der Waals surface area contributed by atoms with E-state index in [-0.39, 0.29) is 19.4 Å². The van der Waals surface area contributed by atoms with Crippen LogP contribution in [0, 0.1) is 5.92 Å². The van der Waals surface area contributed by atoms with Gasteiger partial charge in [0.05, 0.1) is 12.7 Å². The molecule has 1 aliphatic heterocycles. The molecule has 1 heterocycles. The molecule has 1 fully saturated rings. The van der Waals surface area contributed by atoms with Crippen molar-refractivity contribution in [3.63, 3.8) is 0 Å². The summed E-state index contributed by atoms with van der Waals surface area (Å²) in [6, 6.07) is 0.574. The molecule has 0 aromatic carbocycles. The molecule has 0 radical (unpaired) electrons. The molecule has 2 nitrogen and oxygen atoms in total. The van der Waals surface area contributed by atoms with Crippen LogP contribution in [0.15, 0.2) is 0 Å². The van der Waals surface area contributed by atoms with Gasteiger partial charge in [0.15, 0.2) is 0 Å². The standard InChI is InChI=1S/C10H20FNO/c1-8(2)5-9-6-10(7-12-9)13-4-3-11/h8-10,12H,3-7H2,1-2H3/t9-,10-/m1/s1. The lowest BCUT2D eigenvalue weighted by Gasteiger charge is -2.12. The van der Waals surface area contributed by atoms with Gasteiger partial charge in [-0.3, -0.25) is 0 Å². The Kier molecular flexibility index (Phi) is 4.67. The van der Waals surface area contributed by atoms with Gasteiger partial charge in [-0.1, -0.05) is 13.8 Å². The molecular weight excluding hydrogens is 169 g/mol. The maximum absolute atomic E-state index is 11.8. The smallest absolute Gasteiger partial charge is 0.113 e. The van der Waals surface area contributed by atoms with Gasteiger partial charge in [0, 0.05) is 12.6 Å². The lowest BCUT2D eigenvalue weighted by molar-refractivity contribution is 0.0554. The third-order valence-corrected chi connectivity index (χ3v) is 2.37. The summed E-state index contributed by atoms with van der Waals surface area (Å²) in [7, 11) is 0. The average Bonchev–Trinajstić information content (AvgIpc) is 2.48. The SMILES string of the molecule is CC(C)C[C@@H]1C[C@@H](OCCF)CN1. The van der Waals surface area contributed by atoms with E-state index >= 15 is 0 Å². The van der Waals surface area contributed by atoms with Crippen LogP contribution in [0.4, 0.5) is 4.39 Å². The Labute approximate surface area is 79.8 Å². The molecule has 1 aliphatic rings. The van der Waals surface area contributed by atoms with Crippen LogP contribution in [0.25, 0.3) is 0 Å². The van der Waals surface area contributed by atoms with Gasteiger partial charge < -0.3 is 10.1 Å². The largest absolute Gasteiger partial charge is 0.374 e. The zero-order valence-electron chi connectivity index (χ0n) is 8.55. The first-order valence-corrected chi connectivity index (χ1v) is 5.13. The number of halogens is 1. The first-order chi connectivity index (χ1) is 6.22. The average molecular weight is 189 g/mol. The van der Waals surface area contributed by atoms with Gasteiger partial charge in [-0.25, -0.2) is 4.39 Å². The molecule has 0 bridgehead atoms. The van der Waals surface area contributed by atoms with Crippen molar-refractivity contribution < 1.29 is 9.13 Å². The first kappa shape index (κ1) is 10.9. The molecule has 0 amide bonds. The molecule has 0 unspecified atom stereocenters. The molecule has 3 heteroatoms. The summed E-state index contributed by atoms with van der Waals surface area (Å²) in [5, 5.41) is 3.40. The number of hydrogen-bond donors (Lipinski definition) is 1. The van der Waals surface area contributed by atoms with E-state index in [4.69, 9.17) is 4.74 Å². The number of alkyl halides is 1. The summed E-state index contributed by atoms with van der Waals surface area (Å²) in [4.78, 5) is 0. The van der Waals surface area contributed by atoms with Crippen molar-refractivity contribution in [2.45, 2.75) is 38.8 Å². The lowest BCUT2D eigenvalue weighted by atomic mass is 10.0. The van der Waals surface area contributed by atoms with Crippen molar-refractivity contribution in [3.8, 4) is 0 Å². The number of hydrogen-bond acceptors (Lipinski definition) is 2. The van der Waals surface area contributed by atoms with Gasteiger partial charge in [0.1, 0.15) is 6.67 Å².